The summed E-state index contributed by atoms with van der Waals surface area (Å²) in [6, 6.07) is 16.9. The molecule has 0 aliphatic rings. The lowest BCUT2D eigenvalue weighted by Crippen LogP contribution is -2.03. The molecule has 0 atom stereocenters. The maximum Gasteiger partial charge on any atom is 0.189 e. The third-order valence-electron chi connectivity index (χ3n) is 3.70. The van der Waals surface area contributed by atoms with Crippen LogP contribution in [0.3, 0.4) is 0 Å². The van der Waals surface area contributed by atoms with E-state index in [1.807, 2.05) is 42.7 Å². The molecule has 0 aliphatic carbocycles. The number of thioether (sulfide) groups is 1. The van der Waals surface area contributed by atoms with Crippen molar-refractivity contribution in [2.24, 2.45) is 0 Å². The highest BCUT2D eigenvalue weighted by molar-refractivity contribution is 7.98. The molecule has 0 fully saturated rings. The molecule has 1 heterocycles. The Morgan fingerprint density at radius 3 is 2.54 bits per heavy atom. The van der Waals surface area contributed by atoms with E-state index in [-0.39, 0.29) is 0 Å². The Balaban J connectivity index is 2.09. The van der Waals surface area contributed by atoms with Crippen LogP contribution in [0.25, 0.3) is 11.3 Å². The molecular formula is C19H17N5OS. The molecule has 0 amide bonds. The van der Waals surface area contributed by atoms with Gasteiger partial charge in [-0.2, -0.15) is 5.26 Å². The standard InChI is InChI=1S/C19H17N5OS/c1-25-15-8-6-14(7-9-15)22-18-16(11-20)17(23-19(24-18)26-2)12-4-3-5-13(21)10-12/h3-10H,21H2,1-2H3,(H,22,23,24). The molecular weight excluding hydrogens is 346 g/mol. The van der Waals surface area contributed by atoms with Gasteiger partial charge in [0, 0.05) is 16.9 Å². The van der Waals surface area contributed by atoms with Crippen molar-refractivity contribution in [3.63, 3.8) is 0 Å². The Kier molecular flexibility index (Phi) is 5.25. The highest BCUT2D eigenvalue weighted by Crippen LogP contribution is 2.31. The summed E-state index contributed by atoms with van der Waals surface area (Å²) in [5.41, 5.74) is 8.99. The van der Waals surface area contributed by atoms with Gasteiger partial charge >= 0.3 is 0 Å². The Hall–Kier alpha value is -3.24. The van der Waals surface area contributed by atoms with E-state index >= 15 is 0 Å². The number of benzene rings is 2. The van der Waals surface area contributed by atoms with Crippen LogP contribution < -0.4 is 15.8 Å². The molecule has 0 saturated heterocycles. The number of hydrogen-bond acceptors (Lipinski definition) is 7. The van der Waals surface area contributed by atoms with Crippen molar-refractivity contribution in [3.05, 3.63) is 54.1 Å². The number of nitrogens with one attached hydrogen (secondary N) is 1. The predicted octanol–water partition coefficient (Wildman–Crippen LogP) is 4.07. The van der Waals surface area contributed by atoms with Crippen LogP contribution in [0.4, 0.5) is 17.2 Å². The number of ether oxygens (including phenoxy) is 1. The lowest BCUT2D eigenvalue weighted by atomic mass is 10.1. The Bertz CT molecular complexity index is 967. The van der Waals surface area contributed by atoms with Crippen LogP contribution >= 0.6 is 11.8 Å². The molecule has 0 unspecified atom stereocenters. The van der Waals surface area contributed by atoms with E-state index in [0.717, 1.165) is 17.0 Å². The first-order chi connectivity index (χ1) is 12.6. The van der Waals surface area contributed by atoms with E-state index in [9.17, 15) is 5.26 Å². The zero-order valence-electron chi connectivity index (χ0n) is 14.4. The fourth-order valence-electron chi connectivity index (χ4n) is 2.43. The molecule has 3 aromatic rings. The van der Waals surface area contributed by atoms with Crippen LogP contribution in [-0.4, -0.2) is 23.3 Å². The Labute approximate surface area is 156 Å². The zero-order valence-corrected chi connectivity index (χ0v) is 15.2. The highest BCUT2D eigenvalue weighted by atomic mass is 32.2. The van der Waals surface area contributed by atoms with Crippen molar-refractivity contribution < 1.29 is 4.74 Å². The zero-order chi connectivity index (χ0) is 18.5. The second kappa shape index (κ2) is 7.76. The molecule has 0 bridgehead atoms. The molecule has 6 nitrogen and oxygen atoms in total. The van der Waals surface area contributed by atoms with Gasteiger partial charge in [-0.05, 0) is 42.7 Å². The first-order valence-corrected chi connectivity index (χ1v) is 9.00. The largest absolute Gasteiger partial charge is 0.497 e. The minimum absolute atomic E-state index is 0.365. The molecule has 2 aromatic carbocycles. The lowest BCUT2D eigenvalue weighted by Gasteiger charge is -2.13. The molecule has 0 aliphatic heterocycles. The molecule has 26 heavy (non-hydrogen) atoms. The average molecular weight is 363 g/mol. The van der Waals surface area contributed by atoms with Crippen molar-refractivity contribution in [3.8, 4) is 23.1 Å². The molecule has 3 rings (SSSR count). The van der Waals surface area contributed by atoms with Crippen molar-refractivity contribution in [2.45, 2.75) is 5.16 Å². The maximum absolute atomic E-state index is 9.73. The number of nitrogen functional groups attached to an aromatic ring is 1. The number of aromatic nitrogens is 2. The van der Waals surface area contributed by atoms with Crippen molar-refractivity contribution in [2.75, 3.05) is 24.4 Å². The van der Waals surface area contributed by atoms with E-state index in [2.05, 4.69) is 21.4 Å². The molecule has 0 radical (unpaired) electrons. The maximum atomic E-state index is 9.73. The Morgan fingerprint density at radius 1 is 1.15 bits per heavy atom. The number of methoxy groups -OCH3 is 1. The number of hydrogen-bond donors (Lipinski definition) is 2. The molecule has 1 aromatic heterocycles. The molecule has 3 N–H and O–H groups in total. The normalized spacial score (nSPS) is 10.2. The summed E-state index contributed by atoms with van der Waals surface area (Å²) in [4.78, 5) is 8.98. The quantitative estimate of drug-likeness (QED) is 0.400. The SMILES string of the molecule is COc1ccc(Nc2nc(SC)nc(-c3cccc(N)c3)c2C#N)cc1. The van der Waals surface area contributed by atoms with Crippen LogP contribution in [0, 0.1) is 11.3 Å². The first kappa shape index (κ1) is 17.6. The minimum Gasteiger partial charge on any atom is -0.497 e. The van der Waals surface area contributed by atoms with Crippen molar-refractivity contribution in [1.29, 1.82) is 5.26 Å². The summed E-state index contributed by atoms with van der Waals surface area (Å²) < 4.78 is 5.17. The number of nitrogens with zero attached hydrogens (tertiary/aromatic N) is 3. The second-order valence-electron chi connectivity index (χ2n) is 5.37. The van der Waals surface area contributed by atoms with Crippen LogP contribution in [-0.2, 0) is 0 Å². The van der Waals surface area contributed by atoms with Gasteiger partial charge in [0.25, 0.3) is 0 Å². The van der Waals surface area contributed by atoms with Crippen LogP contribution in [0.1, 0.15) is 5.56 Å². The van der Waals surface area contributed by atoms with Gasteiger partial charge < -0.3 is 15.8 Å². The number of nitrogens with two attached hydrogens (primary N) is 1. The average Bonchev–Trinajstić information content (AvgIpc) is 2.68. The fourth-order valence-corrected chi connectivity index (χ4v) is 2.80. The predicted molar refractivity (Wildman–Crippen MR) is 105 cm³/mol. The molecule has 130 valence electrons. The lowest BCUT2D eigenvalue weighted by molar-refractivity contribution is 0.415. The number of rotatable bonds is 5. The van der Waals surface area contributed by atoms with Crippen molar-refractivity contribution in [1.82, 2.24) is 9.97 Å². The van der Waals surface area contributed by atoms with E-state index in [4.69, 9.17) is 10.5 Å². The molecule has 0 spiro atoms. The smallest absolute Gasteiger partial charge is 0.189 e. The summed E-state index contributed by atoms with van der Waals surface area (Å²) in [5.74, 6) is 1.21. The minimum atomic E-state index is 0.365. The van der Waals surface area contributed by atoms with E-state index in [1.54, 1.807) is 19.2 Å². The second-order valence-corrected chi connectivity index (χ2v) is 6.15. The monoisotopic (exact) mass is 363 g/mol. The number of anilines is 3. The van der Waals surface area contributed by atoms with Crippen LogP contribution in [0.2, 0.25) is 0 Å². The van der Waals surface area contributed by atoms with Crippen LogP contribution in [0.5, 0.6) is 5.75 Å². The van der Waals surface area contributed by atoms with Crippen LogP contribution in [0.15, 0.2) is 53.7 Å². The van der Waals surface area contributed by atoms with E-state index < -0.39 is 0 Å². The number of nitriles is 1. The van der Waals surface area contributed by atoms with Gasteiger partial charge in [0.2, 0.25) is 0 Å². The summed E-state index contributed by atoms with van der Waals surface area (Å²) >= 11 is 1.41. The summed E-state index contributed by atoms with van der Waals surface area (Å²) in [6.07, 6.45) is 1.89. The third-order valence-corrected chi connectivity index (χ3v) is 4.24. The van der Waals surface area contributed by atoms with Gasteiger partial charge in [0.05, 0.1) is 12.8 Å². The third kappa shape index (κ3) is 3.71. The summed E-state index contributed by atoms with van der Waals surface area (Å²) in [6.45, 7) is 0. The molecule has 0 saturated carbocycles. The summed E-state index contributed by atoms with van der Waals surface area (Å²) in [7, 11) is 1.61. The fraction of sp³-hybridized carbons (Fsp3) is 0.105. The van der Waals surface area contributed by atoms with Gasteiger partial charge in [-0.25, -0.2) is 9.97 Å². The van der Waals surface area contributed by atoms with Crippen molar-refractivity contribution >= 4 is 29.0 Å². The van der Waals surface area contributed by atoms with Gasteiger partial charge in [-0.3, -0.25) is 0 Å². The highest BCUT2D eigenvalue weighted by Gasteiger charge is 2.16. The summed E-state index contributed by atoms with van der Waals surface area (Å²) in [5, 5.41) is 13.5. The molecule has 7 heteroatoms. The van der Waals surface area contributed by atoms with E-state index in [0.29, 0.717) is 27.9 Å². The van der Waals surface area contributed by atoms with Gasteiger partial charge in [0.1, 0.15) is 17.4 Å². The van der Waals surface area contributed by atoms with Gasteiger partial charge in [0.15, 0.2) is 11.0 Å². The van der Waals surface area contributed by atoms with E-state index in [1.165, 1.54) is 11.8 Å². The first-order valence-electron chi connectivity index (χ1n) is 7.77. The van der Waals surface area contributed by atoms with Gasteiger partial charge in [-0.15, -0.1) is 0 Å². The Morgan fingerprint density at radius 2 is 1.92 bits per heavy atom. The van der Waals surface area contributed by atoms with Gasteiger partial charge in [-0.1, -0.05) is 23.9 Å². The topological polar surface area (TPSA) is 96.8 Å².